The van der Waals surface area contributed by atoms with Crippen LogP contribution in [-0.4, -0.2) is 35.9 Å². The highest BCUT2D eigenvalue weighted by Gasteiger charge is 2.26. The van der Waals surface area contributed by atoms with Crippen LogP contribution in [0.1, 0.15) is 12.8 Å². The molecule has 6 nitrogen and oxygen atoms in total. The standard InChI is InChI=1S/C16H16N2O4/c19-16(20)10-2-5-18(6-3-10)15-12-8-14-13(21-9-22-14)7-11(12)1-4-17-15/h1,4,7-8,10H,2-3,5-6,9H2,(H,19,20). The van der Waals surface area contributed by atoms with Crippen LogP contribution in [0.4, 0.5) is 5.82 Å². The molecule has 6 heteroatoms. The molecular formula is C16H16N2O4. The first-order valence-electron chi connectivity index (χ1n) is 7.38. The molecule has 1 saturated heterocycles. The molecule has 1 aromatic carbocycles. The summed E-state index contributed by atoms with van der Waals surface area (Å²) >= 11 is 0. The van der Waals surface area contributed by atoms with E-state index in [1.54, 1.807) is 6.20 Å². The van der Waals surface area contributed by atoms with Gasteiger partial charge in [0.25, 0.3) is 0 Å². The van der Waals surface area contributed by atoms with Gasteiger partial charge in [0, 0.05) is 24.7 Å². The number of piperidine rings is 1. The molecule has 2 aromatic rings. The van der Waals surface area contributed by atoms with Gasteiger partial charge in [0.15, 0.2) is 11.5 Å². The van der Waals surface area contributed by atoms with Crippen molar-refractivity contribution < 1.29 is 19.4 Å². The first-order valence-corrected chi connectivity index (χ1v) is 7.38. The average Bonchev–Trinajstić information content (AvgIpc) is 2.99. The van der Waals surface area contributed by atoms with E-state index >= 15 is 0 Å². The largest absolute Gasteiger partial charge is 0.481 e. The smallest absolute Gasteiger partial charge is 0.306 e. The van der Waals surface area contributed by atoms with Crippen molar-refractivity contribution in [1.82, 2.24) is 4.98 Å². The van der Waals surface area contributed by atoms with Crippen molar-refractivity contribution >= 4 is 22.6 Å². The Labute approximate surface area is 127 Å². The maximum Gasteiger partial charge on any atom is 0.306 e. The van der Waals surface area contributed by atoms with E-state index in [0.29, 0.717) is 25.9 Å². The first kappa shape index (κ1) is 13.2. The van der Waals surface area contributed by atoms with Crippen molar-refractivity contribution in [3.05, 3.63) is 24.4 Å². The second-order valence-corrected chi connectivity index (χ2v) is 5.66. The van der Waals surface area contributed by atoms with Gasteiger partial charge in [0.05, 0.1) is 5.92 Å². The van der Waals surface area contributed by atoms with E-state index in [2.05, 4.69) is 9.88 Å². The lowest BCUT2D eigenvalue weighted by Gasteiger charge is -2.31. The normalized spacial score (nSPS) is 17.9. The number of carboxylic acids is 1. The Balaban J connectivity index is 1.69. The van der Waals surface area contributed by atoms with Gasteiger partial charge in [0.2, 0.25) is 6.79 Å². The molecule has 0 unspecified atom stereocenters. The Bertz CT molecular complexity index is 738. The molecule has 114 valence electrons. The van der Waals surface area contributed by atoms with E-state index in [1.165, 1.54) is 0 Å². The van der Waals surface area contributed by atoms with Crippen molar-refractivity contribution in [1.29, 1.82) is 0 Å². The number of hydrogen-bond donors (Lipinski definition) is 1. The number of anilines is 1. The van der Waals surface area contributed by atoms with Crippen LogP contribution in [0.25, 0.3) is 10.8 Å². The number of carboxylic acid groups (broad SMARTS) is 1. The fourth-order valence-corrected chi connectivity index (χ4v) is 3.14. The summed E-state index contributed by atoms with van der Waals surface area (Å²) < 4.78 is 10.9. The third-order valence-electron chi connectivity index (χ3n) is 4.38. The van der Waals surface area contributed by atoms with E-state index in [-0.39, 0.29) is 12.7 Å². The molecule has 0 aliphatic carbocycles. The molecule has 1 aromatic heterocycles. The molecule has 0 amide bonds. The number of benzene rings is 1. The molecule has 3 heterocycles. The van der Waals surface area contributed by atoms with Crippen LogP contribution in [0, 0.1) is 5.92 Å². The number of carbonyl (C=O) groups is 1. The number of ether oxygens (including phenoxy) is 2. The molecule has 1 N–H and O–H groups in total. The number of fused-ring (bicyclic) bond motifs is 2. The number of rotatable bonds is 2. The number of aromatic nitrogens is 1. The molecule has 0 spiro atoms. The van der Waals surface area contributed by atoms with Crippen molar-refractivity contribution in [3.63, 3.8) is 0 Å². The minimum absolute atomic E-state index is 0.243. The highest BCUT2D eigenvalue weighted by atomic mass is 16.7. The Hall–Kier alpha value is -2.50. The van der Waals surface area contributed by atoms with Gasteiger partial charge in [-0.25, -0.2) is 4.98 Å². The zero-order chi connectivity index (χ0) is 15.1. The molecule has 0 radical (unpaired) electrons. The van der Waals surface area contributed by atoms with Crippen LogP contribution in [0.2, 0.25) is 0 Å². The summed E-state index contributed by atoms with van der Waals surface area (Å²) in [6.45, 7) is 1.66. The van der Waals surface area contributed by atoms with E-state index in [1.807, 2.05) is 18.2 Å². The molecule has 0 saturated carbocycles. The third-order valence-corrected chi connectivity index (χ3v) is 4.38. The number of nitrogens with zero attached hydrogens (tertiary/aromatic N) is 2. The Morgan fingerprint density at radius 3 is 2.68 bits per heavy atom. The highest BCUT2D eigenvalue weighted by molar-refractivity contribution is 5.94. The lowest BCUT2D eigenvalue weighted by Crippen LogP contribution is -2.36. The maximum atomic E-state index is 11.1. The predicted octanol–water partition coefficient (Wildman–Crippen LogP) is 2.26. The van der Waals surface area contributed by atoms with E-state index in [9.17, 15) is 4.79 Å². The van der Waals surface area contributed by atoms with Gasteiger partial charge in [-0.05, 0) is 36.4 Å². The topological polar surface area (TPSA) is 71.9 Å². The van der Waals surface area contributed by atoms with Crippen LogP contribution in [0.15, 0.2) is 24.4 Å². The van der Waals surface area contributed by atoms with E-state index in [0.717, 1.165) is 28.1 Å². The van der Waals surface area contributed by atoms with Crippen molar-refractivity contribution in [2.24, 2.45) is 5.92 Å². The first-order chi connectivity index (χ1) is 10.7. The van der Waals surface area contributed by atoms with Gasteiger partial charge >= 0.3 is 5.97 Å². The quantitative estimate of drug-likeness (QED) is 0.917. The van der Waals surface area contributed by atoms with Gasteiger partial charge in [-0.15, -0.1) is 0 Å². The van der Waals surface area contributed by atoms with Crippen molar-refractivity contribution in [2.45, 2.75) is 12.8 Å². The van der Waals surface area contributed by atoms with Gasteiger partial charge < -0.3 is 19.5 Å². The van der Waals surface area contributed by atoms with Gasteiger partial charge in [-0.2, -0.15) is 0 Å². The zero-order valence-electron chi connectivity index (χ0n) is 12.0. The number of aliphatic carboxylic acids is 1. The summed E-state index contributed by atoms with van der Waals surface area (Å²) in [7, 11) is 0. The van der Waals surface area contributed by atoms with E-state index in [4.69, 9.17) is 14.6 Å². The van der Waals surface area contributed by atoms with Crippen molar-refractivity contribution in [3.8, 4) is 11.5 Å². The van der Waals surface area contributed by atoms with Crippen LogP contribution < -0.4 is 14.4 Å². The molecule has 22 heavy (non-hydrogen) atoms. The van der Waals surface area contributed by atoms with Crippen molar-refractivity contribution in [2.75, 3.05) is 24.8 Å². The molecule has 4 rings (SSSR count). The summed E-state index contributed by atoms with van der Waals surface area (Å²) in [5, 5.41) is 11.2. The fourth-order valence-electron chi connectivity index (χ4n) is 3.14. The molecule has 2 aliphatic heterocycles. The minimum Gasteiger partial charge on any atom is -0.481 e. The molecular weight excluding hydrogens is 284 g/mol. The predicted molar refractivity (Wildman–Crippen MR) is 80.4 cm³/mol. The SMILES string of the molecule is O=C(O)C1CCN(c2nccc3cc4c(cc23)OCO4)CC1. The lowest BCUT2D eigenvalue weighted by molar-refractivity contribution is -0.142. The maximum absolute atomic E-state index is 11.1. The van der Waals surface area contributed by atoms with E-state index < -0.39 is 5.97 Å². The summed E-state index contributed by atoms with van der Waals surface area (Å²) in [4.78, 5) is 17.7. The van der Waals surface area contributed by atoms with Gasteiger partial charge in [-0.1, -0.05) is 0 Å². The summed E-state index contributed by atoms with van der Waals surface area (Å²) in [6.07, 6.45) is 3.08. The van der Waals surface area contributed by atoms with Crippen LogP contribution in [-0.2, 0) is 4.79 Å². The molecule has 1 fully saturated rings. The Kier molecular flexibility index (Phi) is 3.03. The number of pyridine rings is 1. The minimum atomic E-state index is -0.700. The lowest BCUT2D eigenvalue weighted by atomic mass is 9.97. The summed E-state index contributed by atoms with van der Waals surface area (Å²) in [5.74, 6) is 1.44. The van der Waals surface area contributed by atoms with Gasteiger partial charge in [0.1, 0.15) is 5.82 Å². The second kappa shape index (κ2) is 5.05. The Morgan fingerprint density at radius 2 is 1.95 bits per heavy atom. The van der Waals surface area contributed by atoms with Crippen LogP contribution >= 0.6 is 0 Å². The monoisotopic (exact) mass is 300 g/mol. The zero-order valence-corrected chi connectivity index (χ0v) is 12.0. The average molecular weight is 300 g/mol. The third kappa shape index (κ3) is 2.11. The second-order valence-electron chi connectivity index (χ2n) is 5.66. The Morgan fingerprint density at radius 1 is 1.23 bits per heavy atom. The summed E-state index contributed by atoms with van der Waals surface area (Å²) in [6, 6.07) is 5.88. The molecule has 0 bridgehead atoms. The van der Waals surface area contributed by atoms with Crippen LogP contribution in [0.3, 0.4) is 0 Å². The summed E-state index contributed by atoms with van der Waals surface area (Å²) in [5.41, 5.74) is 0. The van der Waals surface area contributed by atoms with Crippen LogP contribution in [0.5, 0.6) is 11.5 Å². The fraction of sp³-hybridized carbons (Fsp3) is 0.375. The molecule has 0 atom stereocenters. The van der Waals surface area contributed by atoms with Gasteiger partial charge in [-0.3, -0.25) is 4.79 Å². The molecule has 2 aliphatic rings. The highest BCUT2D eigenvalue weighted by Crippen LogP contribution is 2.39. The number of hydrogen-bond acceptors (Lipinski definition) is 5.